The summed E-state index contributed by atoms with van der Waals surface area (Å²) in [6.07, 6.45) is 0.735. The van der Waals surface area contributed by atoms with Crippen LogP contribution in [0.15, 0.2) is 28.7 Å². The molecule has 0 radical (unpaired) electrons. The molecule has 0 fully saturated rings. The third-order valence-corrected chi connectivity index (χ3v) is 2.63. The lowest BCUT2D eigenvalue weighted by molar-refractivity contribution is 0.519. The Balaban J connectivity index is 1.91. The van der Waals surface area contributed by atoms with Gasteiger partial charge in [-0.05, 0) is 31.0 Å². The number of nitrogens with one attached hydrogen (secondary N) is 1. The van der Waals surface area contributed by atoms with E-state index in [9.17, 15) is 4.39 Å². The third kappa shape index (κ3) is 3.43. The van der Waals surface area contributed by atoms with Gasteiger partial charge < -0.3 is 9.73 Å². The van der Waals surface area contributed by atoms with E-state index in [1.807, 2.05) is 6.92 Å². The average Bonchev–Trinajstić information content (AvgIpc) is 2.79. The van der Waals surface area contributed by atoms with E-state index < -0.39 is 0 Å². The molecule has 2 aromatic rings. The minimum absolute atomic E-state index is 0.0964. The predicted molar refractivity (Wildman–Crippen MR) is 67.0 cm³/mol. The molecule has 18 heavy (non-hydrogen) atoms. The van der Waals surface area contributed by atoms with Crippen LogP contribution in [0.5, 0.6) is 0 Å². The topological polar surface area (TPSA) is 51.0 Å². The zero-order valence-corrected chi connectivity index (χ0v) is 10.6. The molecule has 0 saturated heterocycles. The van der Waals surface area contributed by atoms with Crippen molar-refractivity contribution in [2.75, 3.05) is 5.32 Å². The normalized spacial score (nSPS) is 12.4. The van der Waals surface area contributed by atoms with Crippen LogP contribution in [0.4, 0.5) is 10.4 Å². The van der Waals surface area contributed by atoms with E-state index in [1.54, 1.807) is 12.1 Å². The van der Waals surface area contributed by atoms with E-state index in [1.165, 1.54) is 12.1 Å². The number of hydrogen-bond donors (Lipinski definition) is 1. The molecule has 2 rings (SSSR count). The predicted octanol–water partition coefficient (Wildman–Crippen LogP) is 2.99. The zero-order valence-electron chi connectivity index (χ0n) is 9.86. The van der Waals surface area contributed by atoms with Crippen molar-refractivity contribution >= 4 is 17.6 Å². The van der Waals surface area contributed by atoms with Crippen LogP contribution in [0.3, 0.4) is 0 Å². The second-order valence-corrected chi connectivity index (χ2v) is 4.28. The van der Waals surface area contributed by atoms with Gasteiger partial charge in [-0.1, -0.05) is 17.2 Å². The molecule has 1 atom stereocenters. The quantitative estimate of drug-likeness (QED) is 0.848. The maximum absolute atomic E-state index is 12.8. The van der Waals surface area contributed by atoms with Crippen molar-refractivity contribution in [1.29, 1.82) is 0 Å². The fourth-order valence-corrected chi connectivity index (χ4v) is 1.71. The molecule has 0 aliphatic rings. The Labute approximate surface area is 109 Å². The standard InChI is InChI=1S/C12H13ClFN3O/c1-8(6-9-2-4-10(14)5-3-9)15-12-17-16-11(7-13)18-12/h2-5,8H,6-7H2,1H3,(H,15,17). The van der Waals surface area contributed by atoms with Crippen LogP contribution < -0.4 is 5.32 Å². The summed E-state index contributed by atoms with van der Waals surface area (Å²) in [4.78, 5) is 0. The van der Waals surface area contributed by atoms with Crippen molar-refractivity contribution in [3.05, 3.63) is 41.5 Å². The number of benzene rings is 1. The van der Waals surface area contributed by atoms with Crippen LogP contribution in [-0.2, 0) is 12.3 Å². The van der Waals surface area contributed by atoms with Gasteiger partial charge in [-0.25, -0.2) is 4.39 Å². The van der Waals surface area contributed by atoms with Gasteiger partial charge >= 0.3 is 6.01 Å². The van der Waals surface area contributed by atoms with Crippen molar-refractivity contribution in [2.24, 2.45) is 0 Å². The molecular weight excluding hydrogens is 257 g/mol. The van der Waals surface area contributed by atoms with Crippen molar-refractivity contribution in [2.45, 2.75) is 25.3 Å². The summed E-state index contributed by atoms with van der Waals surface area (Å²) in [5, 5.41) is 10.6. The van der Waals surface area contributed by atoms with E-state index >= 15 is 0 Å². The Hall–Kier alpha value is -1.62. The largest absolute Gasteiger partial charge is 0.407 e. The van der Waals surface area contributed by atoms with Gasteiger partial charge in [-0.15, -0.1) is 16.7 Å². The van der Waals surface area contributed by atoms with E-state index in [-0.39, 0.29) is 17.7 Å². The van der Waals surface area contributed by atoms with Crippen molar-refractivity contribution in [3.63, 3.8) is 0 Å². The first-order chi connectivity index (χ1) is 8.67. The first kappa shape index (κ1) is 12.8. The Bertz CT molecular complexity index is 500. The first-order valence-electron chi connectivity index (χ1n) is 5.56. The van der Waals surface area contributed by atoms with Gasteiger partial charge in [0.05, 0.1) is 0 Å². The summed E-state index contributed by atoms with van der Waals surface area (Å²) in [6.45, 7) is 1.98. The number of halogens is 2. The summed E-state index contributed by atoms with van der Waals surface area (Å²) in [5.74, 6) is 0.345. The molecule has 1 aromatic heterocycles. The second-order valence-electron chi connectivity index (χ2n) is 4.01. The zero-order chi connectivity index (χ0) is 13.0. The van der Waals surface area contributed by atoms with Gasteiger partial charge in [0, 0.05) is 6.04 Å². The maximum atomic E-state index is 12.8. The molecule has 0 aliphatic heterocycles. The number of alkyl halides is 1. The summed E-state index contributed by atoms with van der Waals surface area (Å²) in [7, 11) is 0. The number of hydrogen-bond acceptors (Lipinski definition) is 4. The van der Waals surface area contributed by atoms with Gasteiger partial charge in [0.25, 0.3) is 0 Å². The molecule has 0 aliphatic carbocycles. The van der Waals surface area contributed by atoms with E-state index in [0.717, 1.165) is 12.0 Å². The first-order valence-corrected chi connectivity index (χ1v) is 6.10. The smallest absolute Gasteiger partial charge is 0.315 e. The Morgan fingerprint density at radius 3 is 2.67 bits per heavy atom. The van der Waals surface area contributed by atoms with E-state index in [4.69, 9.17) is 16.0 Å². The Kier molecular flexibility index (Phi) is 4.15. The molecule has 0 spiro atoms. The lowest BCUT2D eigenvalue weighted by Gasteiger charge is -2.11. The molecule has 1 unspecified atom stereocenters. The molecule has 0 saturated carbocycles. The molecular formula is C12H13ClFN3O. The minimum atomic E-state index is -0.233. The van der Waals surface area contributed by atoms with Gasteiger partial charge in [0.1, 0.15) is 11.7 Å². The SMILES string of the molecule is CC(Cc1ccc(F)cc1)Nc1nnc(CCl)o1. The molecule has 4 nitrogen and oxygen atoms in total. The minimum Gasteiger partial charge on any atom is -0.407 e. The van der Waals surface area contributed by atoms with Gasteiger partial charge in [0.2, 0.25) is 5.89 Å². The Morgan fingerprint density at radius 1 is 1.33 bits per heavy atom. The summed E-state index contributed by atoms with van der Waals surface area (Å²) >= 11 is 5.56. The molecule has 0 amide bonds. The Morgan fingerprint density at radius 2 is 2.06 bits per heavy atom. The highest BCUT2D eigenvalue weighted by Crippen LogP contribution is 2.11. The molecule has 1 N–H and O–H groups in total. The monoisotopic (exact) mass is 269 g/mol. The molecule has 6 heteroatoms. The van der Waals surface area contributed by atoms with Crippen molar-refractivity contribution < 1.29 is 8.81 Å². The summed E-state index contributed by atoms with van der Waals surface area (Å²) in [6, 6.07) is 6.84. The van der Waals surface area contributed by atoms with Crippen molar-refractivity contribution in [3.8, 4) is 0 Å². The highest BCUT2D eigenvalue weighted by molar-refractivity contribution is 6.16. The number of nitrogens with zero attached hydrogens (tertiary/aromatic N) is 2. The van der Waals surface area contributed by atoms with Gasteiger partial charge in [-0.3, -0.25) is 0 Å². The fourth-order valence-electron chi connectivity index (χ4n) is 1.60. The highest BCUT2D eigenvalue weighted by atomic mass is 35.5. The third-order valence-electron chi connectivity index (χ3n) is 2.41. The van der Waals surface area contributed by atoms with Crippen molar-refractivity contribution in [1.82, 2.24) is 10.2 Å². The fraction of sp³-hybridized carbons (Fsp3) is 0.333. The number of rotatable bonds is 5. The molecule has 1 aromatic carbocycles. The van der Waals surface area contributed by atoms with Gasteiger partial charge in [-0.2, -0.15) is 0 Å². The van der Waals surface area contributed by atoms with E-state index in [0.29, 0.717) is 11.9 Å². The number of aromatic nitrogens is 2. The molecule has 96 valence electrons. The van der Waals surface area contributed by atoms with Crippen LogP contribution in [0, 0.1) is 5.82 Å². The number of anilines is 1. The molecule has 1 heterocycles. The summed E-state index contributed by atoms with van der Waals surface area (Å²) in [5.41, 5.74) is 1.04. The highest BCUT2D eigenvalue weighted by Gasteiger charge is 2.09. The van der Waals surface area contributed by atoms with Crippen LogP contribution >= 0.6 is 11.6 Å². The van der Waals surface area contributed by atoms with Crippen LogP contribution in [0.25, 0.3) is 0 Å². The lowest BCUT2D eigenvalue weighted by Crippen LogP contribution is -2.18. The van der Waals surface area contributed by atoms with Crippen LogP contribution in [-0.4, -0.2) is 16.2 Å². The van der Waals surface area contributed by atoms with Crippen LogP contribution in [0.1, 0.15) is 18.4 Å². The van der Waals surface area contributed by atoms with E-state index in [2.05, 4.69) is 15.5 Å². The second kappa shape index (κ2) is 5.82. The summed E-state index contributed by atoms with van der Waals surface area (Å²) < 4.78 is 18.0. The van der Waals surface area contributed by atoms with Crippen LogP contribution in [0.2, 0.25) is 0 Å². The average molecular weight is 270 g/mol. The lowest BCUT2D eigenvalue weighted by atomic mass is 10.1. The van der Waals surface area contributed by atoms with Gasteiger partial charge in [0.15, 0.2) is 0 Å². The molecule has 0 bridgehead atoms. The maximum Gasteiger partial charge on any atom is 0.315 e.